The molecule has 0 saturated heterocycles. The van der Waals surface area contributed by atoms with Gasteiger partial charge in [0.25, 0.3) is 5.43 Å². The average Bonchev–Trinajstić information content (AvgIpc) is 2.93. The third kappa shape index (κ3) is 2.53. The second-order valence-corrected chi connectivity index (χ2v) is 5.60. The van der Waals surface area contributed by atoms with Crippen LogP contribution in [0.2, 0.25) is 0 Å². The minimum absolute atomic E-state index is 0.0537. The van der Waals surface area contributed by atoms with Crippen LogP contribution in [0, 0.1) is 10.1 Å². The van der Waals surface area contributed by atoms with Crippen molar-refractivity contribution in [3.8, 4) is 0 Å². The molecule has 22 heavy (non-hydrogen) atoms. The number of Topliss-reactive ketones (excluding diaryl/α,β-unsaturated/α-hetero) is 1. The van der Waals surface area contributed by atoms with Gasteiger partial charge >= 0.3 is 5.69 Å². The van der Waals surface area contributed by atoms with Crippen LogP contribution in [0.4, 0.5) is 5.69 Å². The van der Waals surface area contributed by atoms with Gasteiger partial charge in [0, 0.05) is 33.3 Å². The van der Waals surface area contributed by atoms with Crippen LogP contribution in [0.3, 0.4) is 0 Å². The molecule has 0 aliphatic carbocycles. The van der Waals surface area contributed by atoms with Crippen LogP contribution in [0.15, 0.2) is 52.9 Å². The van der Waals surface area contributed by atoms with Crippen molar-refractivity contribution in [3.63, 3.8) is 0 Å². The number of benzene rings is 1. The van der Waals surface area contributed by atoms with Crippen LogP contribution in [-0.4, -0.2) is 15.3 Å². The standard InChI is InChI=1S/C15H10N2O4S/c18-13-5-6-16(7-12(13)17(20)21)8-14(19)11-9-22-15-4-2-1-3-10(11)15/h1-7,9H,8H2. The third-order valence-electron chi connectivity index (χ3n) is 3.26. The Morgan fingerprint density at radius 1 is 1.27 bits per heavy atom. The highest BCUT2D eigenvalue weighted by molar-refractivity contribution is 7.17. The van der Waals surface area contributed by atoms with Gasteiger partial charge in [-0.2, -0.15) is 0 Å². The van der Waals surface area contributed by atoms with Gasteiger partial charge in [-0.25, -0.2) is 0 Å². The molecule has 0 aliphatic heterocycles. The molecule has 3 aromatic rings. The predicted molar refractivity (Wildman–Crippen MR) is 83.5 cm³/mol. The summed E-state index contributed by atoms with van der Waals surface area (Å²) < 4.78 is 2.37. The number of fused-ring (bicyclic) bond motifs is 1. The van der Waals surface area contributed by atoms with Crippen LogP contribution < -0.4 is 5.43 Å². The molecule has 0 N–H and O–H groups in total. The van der Waals surface area contributed by atoms with Gasteiger partial charge in [-0.15, -0.1) is 11.3 Å². The molecule has 0 aliphatic rings. The van der Waals surface area contributed by atoms with Gasteiger partial charge < -0.3 is 4.57 Å². The predicted octanol–water partition coefficient (Wildman–Crippen LogP) is 2.85. The molecule has 0 bridgehead atoms. The molecule has 0 radical (unpaired) electrons. The minimum atomic E-state index is -0.747. The van der Waals surface area contributed by atoms with E-state index >= 15 is 0 Å². The molecule has 1 aromatic carbocycles. The Labute approximate surface area is 128 Å². The van der Waals surface area contributed by atoms with Gasteiger partial charge in [0.2, 0.25) is 0 Å². The van der Waals surface area contributed by atoms with E-state index < -0.39 is 16.0 Å². The molecular weight excluding hydrogens is 304 g/mol. The quantitative estimate of drug-likeness (QED) is 0.421. The zero-order valence-electron chi connectivity index (χ0n) is 11.3. The van der Waals surface area contributed by atoms with E-state index in [9.17, 15) is 19.7 Å². The molecule has 2 heterocycles. The highest BCUT2D eigenvalue weighted by Crippen LogP contribution is 2.26. The first-order valence-electron chi connectivity index (χ1n) is 6.40. The lowest BCUT2D eigenvalue weighted by Gasteiger charge is -2.04. The van der Waals surface area contributed by atoms with E-state index in [1.807, 2.05) is 24.3 Å². The normalized spacial score (nSPS) is 10.7. The van der Waals surface area contributed by atoms with Crippen molar-refractivity contribution in [1.82, 2.24) is 4.57 Å². The topological polar surface area (TPSA) is 82.2 Å². The molecule has 110 valence electrons. The van der Waals surface area contributed by atoms with Gasteiger partial charge in [0.15, 0.2) is 5.78 Å². The molecule has 0 fully saturated rings. The number of thiophene rings is 1. The first kappa shape index (κ1) is 14.2. The zero-order valence-corrected chi connectivity index (χ0v) is 12.1. The first-order chi connectivity index (χ1) is 10.6. The number of hydrogen-bond acceptors (Lipinski definition) is 5. The molecule has 0 atom stereocenters. The average molecular weight is 314 g/mol. The zero-order chi connectivity index (χ0) is 15.7. The number of ketones is 1. The largest absolute Gasteiger partial charge is 0.340 e. The van der Waals surface area contributed by atoms with Crippen LogP contribution in [0.1, 0.15) is 10.4 Å². The summed E-state index contributed by atoms with van der Waals surface area (Å²) in [5.74, 6) is -0.157. The summed E-state index contributed by atoms with van der Waals surface area (Å²) in [4.78, 5) is 33.8. The van der Waals surface area contributed by atoms with E-state index in [-0.39, 0.29) is 12.3 Å². The third-order valence-corrected chi connectivity index (χ3v) is 4.23. The van der Waals surface area contributed by atoms with Crippen molar-refractivity contribution in [3.05, 3.63) is 74.0 Å². The van der Waals surface area contributed by atoms with Gasteiger partial charge in [-0.1, -0.05) is 18.2 Å². The van der Waals surface area contributed by atoms with Gasteiger partial charge in [-0.3, -0.25) is 19.7 Å². The van der Waals surface area contributed by atoms with Gasteiger partial charge in [0.05, 0.1) is 17.7 Å². The van der Waals surface area contributed by atoms with E-state index in [2.05, 4.69) is 0 Å². The summed E-state index contributed by atoms with van der Waals surface area (Å²) in [5.41, 5.74) is -0.623. The number of nitro groups is 1. The first-order valence-corrected chi connectivity index (χ1v) is 7.28. The Kier molecular flexibility index (Phi) is 3.56. The molecule has 2 aromatic heterocycles. The molecule has 7 heteroatoms. The summed E-state index contributed by atoms with van der Waals surface area (Å²) in [7, 11) is 0. The van der Waals surface area contributed by atoms with Crippen LogP contribution in [-0.2, 0) is 6.54 Å². The number of aromatic nitrogens is 1. The van der Waals surface area contributed by atoms with Crippen molar-refractivity contribution in [2.24, 2.45) is 0 Å². The molecule has 0 unspecified atom stereocenters. The van der Waals surface area contributed by atoms with Gasteiger partial charge in [-0.05, 0) is 6.07 Å². The fraction of sp³-hybridized carbons (Fsp3) is 0.0667. The highest BCUT2D eigenvalue weighted by atomic mass is 32.1. The lowest BCUT2D eigenvalue weighted by molar-refractivity contribution is -0.386. The maximum atomic E-state index is 12.4. The van der Waals surface area contributed by atoms with Crippen LogP contribution in [0.5, 0.6) is 0 Å². The van der Waals surface area contributed by atoms with Crippen molar-refractivity contribution >= 4 is 32.9 Å². The maximum Gasteiger partial charge on any atom is 0.332 e. The highest BCUT2D eigenvalue weighted by Gasteiger charge is 2.15. The second kappa shape index (κ2) is 5.53. The molecule has 3 rings (SSSR count). The van der Waals surface area contributed by atoms with E-state index in [0.29, 0.717) is 5.56 Å². The summed E-state index contributed by atoms with van der Waals surface area (Å²) in [6.07, 6.45) is 2.47. The Morgan fingerprint density at radius 3 is 2.82 bits per heavy atom. The van der Waals surface area contributed by atoms with E-state index in [1.165, 1.54) is 22.1 Å². The SMILES string of the molecule is O=C(Cn1ccc(=O)c([N+](=O)[O-])c1)c1csc2ccccc12. The Balaban J connectivity index is 1.93. The van der Waals surface area contributed by atoms with E-state index in [1.54, 1.807) is 5.38 Å². The van der Waals surface area contributed by atoms with Crippen LogP contribution >= 0.6 is 11.3 Å². The molecule has 0 amide bonds. The van der Waals surface area contributed by atoms with E-state index in [0.717, 1.165) is 22.3 Å². The van der Waals surface area contributed by atoms with E-state index in [4.69, 9.17) is 0 Å². The number of carbonyl (C=O) groups is 1. The van der Waals surface area contributed by atoms with Crippen molar-refractivity contribution in [1.29, 1.82) is 0 Å². The van der Waals surface area contributed by atoms with Crippen LogP contribution in [0.25, 0.3) is 10.1 Å². The maximum absolute atomic E-state index is 12.4. The Bertz CT molecular complexity index is 942. The summed E-state index contributed by atoms with van der Waals surface area (Å²) in [6, 6.07) is 8.65. The Hall–Kier alpha value is -2.80. The van der Waals surface area contributed by atoms with Crippen molar-refractivity contribution in [2.45, 2.75) is 6.54 Å². The summed E-state index contributed by atoms with van der Waals surface area (Å²) in [6.45, 7) is -0.0537. The molecular formula is C15H10N2O4S. The molecule has 0 spiro atoms. The lowest BCUT2D eigenvalue weighted by atomic mass is 10.1. The number of hydrogen-bond donors (Lipinski definition) is 0. The number of carbonyl (C=O) groups excluding carboxylic acids is 1. The fourth-order valence-corrected chi connectivity index (χ4v) is 3.16. The number of pyridine rings is 1. The number of nitrogens with zero attached hydrogens (tertiary/aromatic N) is 2. The molecule has 6 nitrogen and oxygen atoms in total. The molecule has 0 saturated carbocycles. The van der Waals surface area contributed by atoms with Crippen molar-refractivity contribution in [2.75, 3.05) is 0 Å². The summed E-state index contributed by atoms with van der Waals surface area (Å²) >= 11 is 1.48. The number of rotatable bonds is 4. The lowest BCUT2D eigenvalue weighted by Crippen LogP contribution is -2.15. The summed E-state index contributed by atoms with van der Waals surface area (Å²) in [5, 5.41) is 13.4. The smallest absolute Gasteiger partial charge is 0.332 e. The monoisotopic (exact) mass is 314 g/mol. The fourth-order valence-electron chi connectivity index (χ4n) is 2.19. The second-order valence-electron chi connectivity index (χ2n) is 4.69. The minimum Gasteiger partial charge on any atom is -0.340 e. The van der Waals surface area contributed by atoms with Gasteiger partial charge in [0.1, 0.15) is 0 Å². The Morgan fingerprint density at radius 2 is 2.05 bits per heavy atom. The van der Waals surface area contributed by atoms with Crippen molar-refractivity contribution < 1.29 is 9.72 Å².